The number of alkyl halides is 3. The summed E-state index contributed by atoms with van der Waals surface area (Å²) in [5.41, 5.74) is 0.521. The highest BCUT2D eigenvalue weighted by Gasteiger charge is 2.42. The first-order valence-electron chi connectivity index (χ1n) is 10.8. The van der Waals surface area contributed by atoms with Crippen LogP contribution < -0.4 is 9.80 Å². The van der Waals surface area contributed by atoms with Crippen molar-refractivity contribution in [3.8, 4) is 11.4 Å². The van der Waals surface area contributed by atoms with Gasteiger partial charge in [0.05, 0.1) is 11.3 Å². The summed E-state index contributed by atoms with van der Waals surface area (Å²) in [5, 5.41) is 3.07. The molecule has 3 aromatic rings. The van der Waals surface area contributed by atoms with Gasteiger partial charge in [-0.2, -0.15) is 18.2 Å². The Labute approximate surface area is 195 Å². The molecule has 2 aliphatic rings. The Balaban J connectivity index is 1.48. The number of carbonyl (C=O) groups is 2. The predicted octanol–water partition coefficient (Wildman–Crippen LogP) is 4.51. The smallest absolute Gasteiger partial charge is 0.329 e. The minimum atomic E-state index is -4.96. The van der Waals surface area contributed by atoms with E-state index in [1.807, 2.05) is 12.1 Å². The Morgan fingerprint density at radius 3 is 2.57 bits per heavy atom. The molecule has 1 saturated heterocycles. The zero-order valence-electron chi connectivity index (χ0n) is 18.0. The molecule has 182 valence electrons. The number of fused-ring (bicyclic) bond motifs is 1. The first kappa shape index (κ1) is 22.9. The molecule has 1 fully saturated rings. The molecular weight excluding hydrogens is 475 g/mol. The summed E-state index contributed by atoms with van der Waals surface area (Å²) in [6.45, 7) is 0.420. The van der Waals surface area contributed by atoms with Crippen molar-refractivity contribution in [2.24, 2.45) is 0 Å². The van der Waals surface area contributed by atoms with Crippen molar-refractivity contribution in [1.29, 1.82) is 0 Å². The van der Waals surface area contributed by atoms with E-state index in [2.05, 4.69) is 14.7 Å². The number of nitrogens with zero attached hydrogens (tertiary/aromatic N) is 4. The van der Waals surface area contributed by atoms with Gasteiger partial charge in [-0.1, -0.05) is 23.4 Å². The van der Waals surface area contributed by atoms with Gasteiger partial charge in [-0.05, 0) is 37.0 Å². The SMILES string of the molecule is O=C([C@@H]1CCC(=O)N1c1cc(F)c(-c2noc(C(F)(F)F)n2)cc1F)N1CCCc2ccccc21. The van der Waals surface area contributed by atoms with Gasteiger partial charge in [-0.3, -0.25) is 14.5 Å². The first-order chi connectivity index (χ1) is 16.6. The Morgan fingerprint density at radius 1 is 1.06 bits per heavy atom. The fraction of sp³-hybridized carbons (Fsp3) is 0.304. The van der Waals surface area contributed by atoms with Gasteiger partial charge in [0.1, 0.15) is 17.7 Å². The number of anilines is 2. The maximum atomic E-state index is 15.1. The van der Waals surface area contributed by atoms with Crippen molar-refractivity contribution in [2.75, 3.05) is 16.3 Å². The topological polar surface area (TPSA) is 79.5 Å². The van der Waals surface area contributed by atoms with Gasteiger partial charge in [0, 0.05) is 24.7 Å². The molecule has 0 bridgehead atoms. The molecule has 0 spiro atoms. The fourth-order valence-electron chi connectivity index (χ4n) is 4.50. The molecule has 0 saturated carbocycles. The van der Waals surface area contributed by atoms with E-state index in [1.54, 1.807) is 17.0 Å². The number of hydrogen-bond acceptors (Lipinski definition) is 5. The maximum absolute atomic E-state index is 15.1. The van der Waals surface area contributed by atoms with Crippen LogP contribution in [-0.2, 0) is 22.2 Å². The molecule has 12 heteroatoms. The molecule has 2 aromatic carbocycles. The van der Waals surface area contributed by atoms with Crippen molar-refractivity contribution < 1.29 is 36.1 Å². The average Bonchev–Trinajstić information content (AvgIpc) is 3.47. The Hall–Kier alpha value is -3.83. The molecule has 3 heterocycles. The van der Waals surface area contributed by atoms with Crippen LogP contribution in [0, 0.1) is 11.6 Å². The Bertz CT molecular complexity index is 1320. The fourth-order valence-corrected chi connectivity index (χ4v) is 4.50. The van der Waals surface area contributed by atoms with E-state index in [-0.39, 0.29) is 12.8 Å². The lowest BCUT2D eigenvalue weighted by molar-refractivity contribution is -0.159. The van der Waals surface area contributed by atoms with Crippen LogP contribution in [0.1, 0.15) is 30.7 Å². The first-order valence-corrected chi connectivity index (χ1v) is 10.8. The lowest BCUT2D eigenvalue weighted by Gasteiger charge is -2.34. The van der Waals surface area contributed by atoms with Crippen LogP contribution >= 0.6 is 0 Å². The number of hydrogen-bond donors (Lipinski definition) is 0. The molecule has 35 heavy (non-hydrogen) atoms. The summed E-state index contributed by atoms with van der Waals surface area (Å²) in [7, 11) is 0. The molecule has 0 radical (unpaired) electrons. The number of carbonyl (C=O) groups excluding carboxylic acids is 2. The number of halogens is 5. The third-order valence-corrected chi connectivity index (χ3v) is 6.08. The van der Waals surface area contributed by atoms with Gasteiger partial charge < -0.3 is 9.42 Å². The van der Waals surface area contributed by atoms with E-state index in [1.165, 1.54) is 0 Å². The van der Waals surface area contributed by atoms with Crippen molar-refractivity contribution >= 4 is 23.2 Å². The number of aromatic nitrogens is 2. The number of aryl methyl sites for hydroxylation is 1. The maximum Gasteiger partial charge on any atom is 0.471 e. The zero-order valence-corrected chi connectivity index (χ0v) is 18.0. The average molecular weight is 492 g/mol. The highest BCUT2D eigenvalue weighted by molar-refractivity contribution is 6.09. The van der Waals surface area contributed by atoms with Gasteiger partial charge in [0.2, 0.25) is 17.6 Å². The number of para-hydroxylation sites is 1. The van der Waals surface area contributed by atoms with Crippen molar-refractivity contribution in [1.82, 2.24) is 10.1 Å². The Kier molecular flexibility index (Phi) is 5.53. The van der Waals surface area contributed by atoms with E-state index in [0.717, 1.165) is 16.9 Å². The second-order valence-corrected chi connectivity index (χ2v) is 8.24. The standard InChI is InChI=1S/C23H17F5N4O3/c24-14-11-18(15(25)10-13(14)20-29-22(35-30-20)23(26,27)28)32-17(7-8-19(32)33)21(34)31-9-3-5-12-4-1-2-6-16(12)31/h1-2,4,6,10-11,17H,3,5,7-9H2/t17-/m0/s1. The van der Waals surface area contributed by atoms with E-state index in [0.29, 0.717) is 30.8 Å². The van der Waals surface area contributed by atoms with Crippen LogP contribution in [0.2, 0.25) is 0 Å². The molecule has 1 aromatic heterocycles. The summed E-state index contributed by atoms with van der Waals surface area (Å²) in [5.74, 6) is -5.79. The summed E-state index contributed by atoms with van der Waals surface area (Å²) < 4.78 is 72.3. The van der Waals surface area contributed by atoms with Gasteiger partial charge in [0.25, 0.3) is 0 Å². The summed E-state index contributed by atoms with van der Waals surface area (Å²) in [4.78, 5) is 31.6. The van der Waals surface area contributed by atoms with Crippen LogP contribution in [-0.4, -0.2) is 34.5 Å². The van der Waals surface area contributed by atoms with Crippen molar-refractivity contribution in [3.63, 3.8) is 0 Å². The predicted molar refractivity (Wildman–Crippen MR) is 112 cm³/mol. The van der Waals surface area contributed by atoms with Crippen LogP contribution in [0.25, 0.3) is 11.4 Å². The lowest BCUT2D eigenvalue weighted by Crippen LogP contribution is -2.49. The number of rotatable bonds is 3. The molecule has 2 aliphatic heterocycles. The molecule has 0 aliphatic carbocycles. The molecular formula is C23H17F5N4O3. The van der Waals surface area contributed by atoms with Gasteiger partial charge in [-0.15, -0.1) is 0 Å². The summed E-state index contributed by atoms with van der Waals surface area (Å²) in [6.07, 6.45) is -3.39. The monoisotopic (exact) mass is 492 g/mol. The molecule has 5 rings (SSSR count). The minimum Gasteiger partial charge on any atom is -0.329 e. The van der Waals surface area contributed by atoms with E-state index >= 15 is 4.39 Å². The van der Waals surface area contributed by atoms with Crippen LogP contribution in [0.3, 0.4) is 0 Å². The normalized spacial score (nSPS) is 18.2. The highest BCUT2D eigenvalue weighted by atomic mass is 19.4. The van der Waals surface area contributed by atoms with Gasteiger partial charge in [-0.25, -0.2) is 8.78 Å². The largest absolute Gasteiger partial charge is 0.471 e. The molecule has 0 N–H and O–H groups in total. The number of benzene rings is 2. The van der Waals surface area contributed by atoms with E-state index < -0.39 is 58.6 Å². The van der Waals surface area contributed by atoms with Gasteiger partial charge >= 0.3 is 12.1 Å². The third kappa shape index (κ3) is 4.02. The second kappa shape index (κ2) is 8.43. The van der Waals surface area contributed by atoms with Crippen LogP contribution in [0.15, 0.2) is 40.9 Å². The van der Waals surface area contributed by atoms with Crippen molar-refractivity contribution in [3.05, 3.63) is 59.5 Å². The quantitative estimate of drug-likeness (QED) is 0.503. The second-order valence-electron chi connectivity index (χ2n) is 8.24. The Morgan fingerprint density at radius 2 is 1.83 bits per heavy atom. The van der Waals surface area contributed by atoms with Crippen molar-refractivity contribution in [2.45, 2.75) is 37.9 Å². The minimum absolute atomic E-state index is 0.0471. The lowest BCUT2D eigenvalue weighted by atomic mass is 10.0. The zero-order chi connectivity index (χ0) is 24.9. The van der Waals surface area contributed by atoms with Gasteiger partial charge in [0.15, 0.2) is 0 Å². The molecule has 0 unspecified atom stereocenters. The van der Waals surface area contributed by atoms with Crippen LogP contribution in [0.4, 0.5) is 33.3 Å². The summed E-state index contributed by atoms with van der Waals surface area (Å²) >= 11 is 0. The van der Waals surface area contributed by atoms with E-state index in [4.69, 9.17) is 0 Å². The highest BCUT2D eigenvalue weighted by Crippen LogP contribution is 2.36. The number of amides is 2. The van der Waals surface area contributed by atoms with E-state index in [9.17, 15) is 27.2 Å². The molecule has 7 nitrogen and oxygen atoms in total. The molecule has 1 atom stereocenters. The van der Waals surface area contributed by atoms with Crippen LogP contribution in [0.5, 0.6) is 0 Å². The molecule has 2 amide bonds. The third-order valence-electron chi connectivity index (χ3n) is 6.08. The summed E-state index contributed by atoms with van der Waals surface area (Å²) in [6, 6.07) is 7.53.